The summed E-state index contributed by atoms with van der Waals surface area (Å²) in [6, 6.07) is 0. The molecule has 1 rings (SSSR count). The molecule has 0 radical (unpaired) electrons. The zero-order valence-electron chi connectivity index (χ0n) is 11.1. The van der Waals surface area contributed by atoms with Gasteiger partial charge in [0.05, 0.1) is 6.26 Å². The van der Waals surface area contributed by atoms with E-state index in [1.54, 1.807) is 0 Å². The Morgan fingerprint density at radius 3 is 2.44 bits per heavy atom. The second-order valence-corrected chi connectivity index (χ2v) is 6.92. The van der Waals surface area contributed by atoms with Crippen LogP contribution in [-0.4, -0.2) is 46.8 Å². The summed E-state index contributed by atoms with van der Waals surface area (Å²) < 4.78 is 24.0. The standard InChI is InChI=1S/C11H23N3O3S/c1-11(4-8-12-9-5-11)10(15)13-6-3-7-14-18(2,16)17/h12,14H,3-9H2,1-2H3,(H,13,15). The van der Waals surface area contributed by atoms with Crippen LogP contribution in [-0.2, 0) is 14.8 Å². The molecule has 0 spiro atoms. The summed E-state index contributed by atoms with van der Waals surface area (Å²) >= 11 is 0. The number of hydrogen-bond donors (Lipinski definition) is 3. The lowest BCUT2D eigenvalue weighted by Crippen LogP contribution is -2.46. The van der Waals surface area contributed by atoms with Crippen molar-refractivity contribution in [2.45, 2.75) is 26.2 Å². The van der Waals surface area contributed by atoms with E-state index in [1.807, 2.05) is 6.92 Å². The van der Waals surface area contributed by atoms with Gasteiger partial charge in [0.1, 0.15) is 0 Å². The second kappa shape index (κ2) is 6.49. The number of hydrogen-bond acceptors (Lipinski definition) is 4. The topological polar surface area (TPSA) is 87.3 Å². The Kier molecular flexibility index (Phi) is 5.55. The molecule has 106 valence electrons. The third-order valence-electron chi connectivity index (χ3n) is 3.26. The van der Waals surface area contributed by atoms with Crippen LogP contribution < -0.4 is 15.4 Å². The minimum Gasteiger partial charge on any atom is -0.356 e. The number of amides is 1. The molecule has 0 saturated carbocycles. The Morgan fingerprint density at radius 1 is 1.28 bits per heavy atom. The first-order valence-corrected chi connectivity index (χ1v) is 8.16. The summed E-state index contributed by atoms with van der Waals surface area (Å²) in [6.45, 7) is 4.60. The molecule has 0 aliphatic carbocycles. The van der Waals surface area contributed by atoms with Crippen molar-refractivity contribution in [3.63, 3.8) is 0 Å². The summed E-state index contributed by atoms with van der Waals surface area (Å²) in [5.41, 5.74) is -0.282. The van der Waals surface area contributed by atoms with Crippen LogP contribution in [0.1, 0.15) is 26.2 Å². The fourth-order valence-corrected chi connectivity index (χ4v) is 2.48. The summed E-state index contributed by atoms with van der Waals surface area (Å²) in [5.74, 6) is 0.0726. The van der Waals surface area contributed by atoms with Gasteiger partial charge in [-0.1, -0.05) is 6.92 Å². The highest BCUT2D eigenvalue weighted by Crippen LogP contribution is 2.27. The van der Waals surface area contributed by atoms with E-state index in [4.69, 9.17) is 0 Å². The van der Waals surface area contributed by atoms with Gasteiger partial charge in [0.2, 0.25) is 15.9 Å². The van der Waals surface area contributed by atoms with Crippen molar-refractivity contribution >= 4 is 15.9 Å². The average molecular weight is 277 g/mol. The molecule has 1 aliphatic heterocycles. The molecule has 1 amide bonds. The number of carbonyl (C=O) groups is 1. The number of rotatable bonds is 6. The van der Waals surface area contributed by atoms with Crippen LogP contribution in [0.5, 0.6) is 0 Å². The number of nitrogens with one attached hydrogen (secondary N) is 3. The summed E-state index contributed by atoms with van der Waals surface area (Å²) in [5, 5.41) is 6.11. The lowest BCUT2D eigenvalue weighted by atomic mass is 9.80. The Labute approximate surface area is 109 Å². The fourth-order valence-electron chi connectivity index (χ4n) is 1.97. The zero-order chi connectivity index (χ0) is 13.6. The van der Waals surface area contributed by atoms with Gasteiger partial charge in [-0.2, -0.15) is 0 Å². The minimum atomic E-state index is -3.13. The van der Waals surface area contributed by atoms with E-state index in [0.29, 0.717) is 19.5 Å². The molecule has 18 heavy (non-hydrogen) atoms. The van der Waals surface area contributed by atoms with Gasteiger partial charge in [-0.25, -0.2) is 13.1 Å². The molecule has 0 aromatic carbocycles. The lowest BCUT2D eigenvalue weighted by molar-refractivity contribution is -0.131. The molecule has 0 atom stereocenters. The van der Waals surface area contributed by atoms with E-state index in [9.17, 15) is 13.2 Å². The van der Waals surface area contributed by atoms with Gasteiger partial charge >= 0.3 is 0 Å². The summed E-state index contributed by atoms with van der Waals surface area (Å²) in [7, 11) is -3.13. The molecular formula is C11H23N3O3S. The van der Waals surface area contributed by atoms with Crippen molar-refractivity contribution in [1.82, 2.24) is 15.4 Å². The summed E-state index contributed by atoms with van der Waals surface area (Å²) in [4.78, 5) is 12.0. The molecular weight excluding hydrogens is 254 g/mol. The molecule has 0 aromatic rings. The fraction of sp³-hybridized carbons (Fsp3) is 0.909. The van der Waals surface area contributed by atoms with Gasteiger partial charge in [-0.05, 0) is 32.4 Å². The van der Waals surface area contributed by atoms with Crippen LogP contribution in [0.4, 0.5) is 0 Å². The first-order valence-electron chi connectivity index (χ1n) is 6.27. The predicted octanol–water partition coefficient (Wildman–Crippen LogP) is -0.568. The monoisotopic (exact) mass is 277 g/mol. The van der Waals surface area contributed by atoms with Gasteiger partial charge in [-0.3, -0.25) is 4.79 Å². The van der Waals surface area contributed by atoms with Crippen LogP contribution in [0.3, 0.4) is 0 Å². The number of sulfonamides is 1. The van der Waals surface area contributed by atoms with E-state index in [-0.39, 0.29) is 11.3 Å². The van der Waals surface area contributed by atoms with E-state index >= 15 is 0 Å². The smallest absolute Gasteiger partial charge is 0.226 e. The van der Waals surface area contributed by atoms with Crippen molar-refractivity contribution in [3.8, 4) is 0 Å². The Morgan fingerprint density at radius 2 is 1.89 bits per heavy atom. The van der Waals surface area contributed by atoms with Gasteiger partial charge in [0.15, 0.2) is 0 Å². The maximum Gasteiger partial charge on any atom is 0.226 e. The average Bonchev–Trinajstić information content (AvgIpc) is 2.27. The SMILES string of the molecule is CC1(C(=O)NCCCNS(C)(=O)=O)CCNCC1. The van der Waals surface area contributed by atoms with Crippen molar-refractivity contribution in [1.29, 1.82) is 0 Å². The van der Waals surface area contributed by atoms with E-state index in [0.717, 1.165) is 32.2 Å². The van der Waals surface area contributed by atoms with Gasteiger partial charge < -0.3 is 10.6 Å². The van der Waals surface area contributed by atoms with Crippen molar-refractivity contribution in [3.05, 3.63) is 0 Å². The van der Waals surface area contributed by atoms with Crippen molar-refractivity contribution in [2.24, 2.45) is 5.41 Å². The maximum absolute atomic E-state index is 12.0. The Balaban J connectivity index is 2.20. The molecule has 1 heterocycles. The highest BCUT2D eigenvalue weighted by Gasteiger charge is 2.33. The van der Waals surface area contributed by atoms with Crippen molar-refractivity contribution in [2.75, 3.05) is 32.4 Å². The second-order valence-electron chi connectivity index (χ2n) is 5.09. The summed E-state index contributed by atoms with van der Waals surface area (Å²) in [6.07, 6.45) is 3.43. The molecule has 7 heteroatoms. The van der Waals surface area contributed by atoms with Gasteiger partial charge in [0.25, 0.3) is 0 Å². The van der Waals surface area contributed by atoms with E-state index in [2.05, 4.69) is 15.4 Å². The highest BCUT2D eigenvalue weighted by molar-refractivity contribution is 7.88. The normalized spacial score (nSPS) is 19.4. The zero-order valence-corrected chi connectivity index (χ0v) is 11.9. The number of piperidine rings is 1. The molecule has 0 unspecified atom stereocenters. The number of carbonyl (C=O) groups excluding carboxylic acids is 1. The maximum atomic E-state index is 12.0. The largest absolute Gasteiger partial charge is 0.356 e. The Hall–Kier alpha value is -0.660. The van der Waals surface area contributed by atoms with E-state index < -0.39 is 10.0 Å². The quantitative estimate of drug-likeness (QED) is 0.568. The lowest BCUT2D eigenvalue weighted by Gasteiger charge is -2.32. The first kappa shape index (κ1) is 15.4. The van der Waals surface area contributed by atoms with Crippen LogP contribution in [0, 0.1) is 5.41 Å². The minimum absolute atomic E-state index is 0.0726. The third kappa shape index (κ3) is 5.32. The molecule has 0 bridgehead atoms. The van der Waals surface area contributed by atoms with Crippen LogP contribution in [0.25, 0.3) is 0 Å². The van der Waals surface area contributed by atoms with E-state index in [1.165, 1.54) is 0 Å². The van der Waals surface area contributed by atoms with Crippen molar-refractivity contribution < 1.29 is 13.2 Å². The highest BCUT2D eigenvalue weighted by atomic mass is 32.2. The van der Waals surface area contributed by atoms with Gasteiger partial charge in [0, 0.05) is 18.5 Å². The van der Waals surface area contributed by atoms with Crippen LogP contribution >= 0.6 is 0 Å². The predicted molar refractivity (Wildman–Crippen MR) is 70.7 cm³/mol. The molecule has 0 aromatic heterocycles. The van der Waals surface area contributed by atoms with Gasteiger partial charge in [-0.15, -0.1) is 0 Å². The first-order chi connectivity index (χ1) is 8.33. The third-order valence-corrected chi connectivity index (χ3v) is 3.99. The molecule has 3 N–H and O–H groups in total. The molecule has 1 aliphatic rings. The molecule has 6 nitrogen and oxygen atoms in total. The molecule has 1 fully saturated rings. The molecule has 1 saturated heterocycles. The Bertz CT molecular complexity index is 375. The van der Waals surface area contributed by atoms with Crippen LogP contribution in [0.2, 0.25) is 0 Å². The van der Waals surface area contributed by atoms with Crippen LogP contribution in [0.15, 0.2) is 0 Å².